The number of hydrogen-bond donors (Lipinski definition) is 2. The Labute approximate surface area is 101 Å². The monoisotopic (exact) mass is 246 g/mol. The van der Waals surface area contributed by atoms with E-state index in [1.54, 1.807) is 29.3 Å². The maximum absolute atomic E-state index is 5.87. The van der Waals surface area contributed by atoms with Gasteiger partial charge in [0, 0.05) is 7.05 Å². The Morgan fingerprint density at radius 2 is 2.35 bits per heavy atom. The smallest absolute Gasteiger partial charge is 0.186 e. The number of nitrogens with two attached hydrogens (primary N) is 1. The molecule has 17 heavy (non-hydrogen) atoms. The molecule has 0 aliphatic heterocycles. The first kappa shape index (κ1) is 10.0. The predicted octanol–water partition coefficient (Wildman–Crippen LogP) is 1.52. The first-order valence-corrected chi connectivity index (χ1v) is 5.88. The molecule has 6 nitrogen and oxygen atoms in total. The molecule has 0 aromatic carbocycles. The summed E-state index contributed by atoms with van der Waals surface area (Å²) >= 11 is 1.61. The highest BCUT2D eigenvalue weighted by atomic mass is 32.1. The fourth-order valence-corrected chi connectivity index (χ4v) is 2.19. The molecule has 0 bridgehead atoms. The Morgan fingerprint density at radius 3 is 3.00 bits per heavy atom. The van der Waals surface area contributed by atoms with Crippen LogP contribution in [0.1, 0.15) is 0 Å². The highest BCUT2D eigenvalue weighted by Gasteiger charge is 2.13. The number of hydrogen-bond acceptors (Lipinski definition) is 5. The largest absolute Gasteiger partial charge is 0.383 e. The van der Waals surface area contributed by atoms with Gasteiger partial charge in [0.1, 0.15) is 5.82 Å². The molecule has 0 fully saturated rings. The van der Waals surface area contributed by atoms with Gasteiger partial charge in [-0.2, -0.15) is 10.2 Å². The summed E-state index contributed by atoms with van der Waals surface area (Å²) in [4.78, 5) is 5.45. The number of thiophene rings is 1. The second-order valence-electron chi connectivity index (χ2n) is 3.55. The SMILES string of the molecule is Cn1ncc(-c2n[nH]c(-c3cccs3)n2)c1N. The third-order valence-corrected chi connectivity index (χ3v) is 3.34. The van der Waals surface area contributed by atoms with Gasteiger partial charge in [-0.1, -0.05) is 6.07 Å². The fourth-order valence-electron chi connectivity index (χ4n) is 1.53. The number of nitrogen functional groups attached to an aromatic ring is 1. The number of anilines is 1. The highest BCUT2D eigenvalue weighted by molar-refractivity contribution is 7.13. The first-order valence-electron chi connectivity index (χ1n) is 5.00. The van der Waals surface area contributed by atoms with Crippen molar-refractivity contribution in [2.45, 2.75) is 0 Å². The van der Waals surface area contributed by atoms with Crippen LogP contribution in [-0.2, 0) is 7.05 Å². The summed E-state index contributed by atoms with van der Waals surface area (Å²) in [7, 11) is 1.78. The minimum absolute atomic E-state index is 0.557. The Balaban J connectivity index is 2.04. The van der Waals surface area contributed by atoms with E-state index < -0.39 is 0 Å². The minimum atomic E-state index is 0.557. The highest BCUT2D eigenvalue weighted by Crippen LogP contribution is 2.25. The van der Waals surface area contributed by atoms with Crippen molar-refractivity contribution in [2.75, 3.05) is 5.73 Å². The molecule has 3 heterocycles. The van der Waals surface area contributed by atoms with Crippen LogP contribution in [0, 0.1) is 0 Å². The molecular formula is C10H10N6S. The maximum Gasteiger partial charge on any atom is 0.186 e. The average Bonchev–Trinajstić information content (AvgIpc) is 3.01. The molecule has 0 amide bonds. The Bertz CT molecular complexity index is 636. The van der Waals surface area contributed by atoms with Gasteiger partial charge in [0.25, 0.3) is 0 Å². The Hall–Kier alpha value is -2.15. The minimum Gasteiger partial charge on any atom is -0.383 e. The number of nitrogens with one attached hydrogen (secondary N) is 1. The summed E-state index contributed by atoms with van der Waals surface area (Å²) in [6.07, 6.45) is 1.66. The molecule has 0 aliphatic carbocycles. The van der Waals surface area contributed by atoms with Crippen LogP contribution in [0.25, 0.3) is 22.1 Å². The zero-order chi connectivity index (χ0) is 11.8. The lowest BCUT2D eigenvalue weighted by atomic mass is 10.3. The van der Waals surface area contributed by atoms with E-state index in [1.807, 2.05) is 17.5 Å². The van der Waals surface area contributed by atoms with Crippen LogP contribution < -0.4 is 5.73 Å². The van der Waals surface area contributed by atoms with E-state index in [-0.39, 0.29) is 0 Å². The quantitative estimate of drug-likeness (QED) is 0.717. The molecule has 0 radical (unpaired) electrons. The van der Waals surface area contributed by atoms with Crippen LogP contribution in [0.5, 0.6) is 0 Å². The third kappa shape index (κ3) is 1.60. The van der Waals surface area contributed by atoms with E-state index >= 15 is 0 Å². The number of rotatable bonds is 2. The predicted molar refractivity (Wildman–Crippen MR) is 66.3 cm³/mol. The second-order valence-corrected chi connectivity index (χ2v) is 4.50. The van der Waals surface area contributed by atoms with Gasteiger partial charge in [-0.3, -0.25) is 9.78 Å². The van der Waals surface area contributed by atoms with Crippen LogP contribution in [0.4, 0.5) is 5.82 Å². The molecule has 3 aromatic rings. The van der Waals surface area contributed by atoms with Gasteiger partial charge in [0.15, 0.2) is 11.6 Å². The second kappa shape index (κ2) is 3.70. The number of H-pyrrole nitrogens is 1. The molecule has 0 spiro atoms. The summed E-state index contributed by atoms with van der Waals surface area (Å²) in [5.41, 5.74) is 6.61. The van der Waals surface area contributed by atoms with Crippen LogP contribution in [0.15, 0.2) is 23.7 Å². The molecule has 0 saturated heterocycles. The average molecular weight is 246 g/mol. The summed E-state index contributed by atoms with van der Waals surface area (Å²) in [5.74, 6) is 1.87. The molecule has 86 valence electrons. The van der Waals surface area contributed by atoms with E-state index in [2.05, 4.69) is 20.3 Å². The summed E-state index contributed by atoms with van der Waals surface area (Å²) in [5, 5.41) is 13.1. The van der Waals surface area contributed by atoms with E-state index in [0.29, 0.717) is 11.6 Å². The van der Waals surface area contributed by atoms with Crippen molar-refractivity contribution < 1.29 is 0 Å². The van der Waals surface area contributed by atoms with Gasteiger partial charge in [-0.25, -0.2) is 4.98 Å². The number of aromatic amines is 1. The molecule has 3 N–H and O–H groups in total. The standard InChI is InChI=1S/C10H10N6S/c1-16-8(11)6(5-12-16)9-13-10(15-14-9)7-3-2-4-17-7/h2-5H,11H2,1H3,(H,13,14,15). The van der Waals surface area contributed by atoms with Gasteiger partial charge < -0.3 is 5.73 Å². The van der Waals surface area contributed by atoms with Crippen molar-refractivity contribution >= 4 is 17.2 Å². The first-order chi connectivity index (χ1) is 8.25. The van der Waals surface area contributed by atoms with Crippen molar-refractivity contribution in [1.82, 2.24) is 25.0 Å². The van der Waals surface area contributed by atoms with Gasteiger partial charge >= 0.3 is 0 Å². The number of aryl methyl sites for hydroxylation is 1. The number of aromatic nitrogens is 5. The van der Waals surface area contributed by atoms with Gasteiger partial charge in [-0.15, -0.1) is 11.3 Å². The van der Waals surface area contributed by atoms with Gasteiger partial charge in [0.2, 0.25) is 0 Å². The zero-order valence-corrected chi connectivity index (χ0v) is 9.90. The van der Waals surface area contributed by atoms with Crippen LogP contribution in [-0.4, -0.2) is 25.0 Å². The van der Waals surface area contributed by atoms with Crippen molar-refractivity contribution in [3.8, 4) is 22.1 Å². The molecule has 3 rings (SSSR count). The molecule has 0 aliphatic rings. The summed E-state index contributed by atoms with van der Waals surface area (Å²) in [6.45, 7) is 0. The van der Waals surface area contributed by atoms with Crippen LogP contribution in [0.2, 0.25) is 0 Å². The molecule has 0 atom stereocenters. The van der Waals surface area contributed by atoms with E-state index in [0.717, 1.165) is 16.3 Å². The fraction of sp³-hybridized carbons (Fsp3) is 0.100. The molecule has 7 heteroatoms. The van der Waals surface area contributed by atoms with Crippen molar-refractivity contribution in [3.05, 3.63) is 23.7 Å². The topological polar surface area (TPSA) is 85.4 Å². The third-order valence-electron chi connectivity index (χ3n) is 2.47. The molecular weight excluding hydrogens is 236 g/mol. The van der Waals surface area contributed by atoms with Crippen LogP contribution in [0.3, 0.4) is 0 Å². The van der Waals surface area contributed by atoms with E-state index in [9.17, 15) is 0 Å². The van der Waals surface area contributed by atoms with Gasteiger partial charge in [0.05, 0.1) is 16.6 Å². The zero-order valence-electron chi connectivity index (χ0n) is 9.08. The summed E-state index contributed by atoms with van der Waals surface area (Å²) < 4.78 is 1.59. The van der Waals surface area contributed by atoms with Gasteiger partial charge in [-0.05, 0) is 11.4 Å². The molecule has 0 saturated carbocycles. The van der Waals surface area contributed by atoms with E-state index in [1.165, 1.54) is 0 Å². The summed E-state index contributed by atoms with van der Waals surface area (Å²) in [6, 6.07) is 3.96. The Kier molecular flexibility index (Phi) is 2.19. The number of nitrogens with zero attached hydrogens (tertiary/aromatic N) is 4. The lowest BCUT2D eigenvalue weighted by Gasteiger charge is -1.94. The van der Waals surface area contributed by atoms with Crippen molar-refractivity contribution in [2.24, 2.45) is 7.05 Å². The van der Waals surface area contributed by atoms with Crippen LogP contribution >= 0.6 is 11.3 Å². The van der Waals surface area contributed by atoms with Crippen molar-refractivity contribution in [1.29, 1.82) is 0 Å². The maximum atomic E-state index is 5.87. The van der Waals surface area contributed by atoms with Crippen molar-refractivity contribution in [3.63, 3.8) is 0 Å². The molecule has 0 unspecified atom stereocenters. The normalized spacial score (nSPS) is 10.9. The lowest BCUT2D eigenvalue weighted by Crippen LogP contribution is -1.98. The molecule has 3 aromatic heterocycles. The van der Waals surface area contributed by atoms with E-state index in [4.69, 9.17) is 5.73 Å². The lowest BCUT2D eigenvalue weighted by molar-refractivity contribution is 0.779. The Morgan fingerprint density at radius 1 is 1.47 bits per heavy atom.